The summed E-state index contributed by atoms with van der Waals surface area (Å²) in [4.78, 5) is 39.8. The highest BCUT2D eigenvalue weighted by Crippen LogP contribution is 2.63. The third kappa shape index (κ3) is 1.62. The van der Waals surface area contributed by atoms with Crippen molar-refractivity contribution in [1.82, 2.24) is 0 Å². The number of allylic oxidation sites excluding steroid dienone is 2. The number of ether oxygens (including phenoxy) is 1. The molecule has 0 aromatic carbocycles. The van der Waals surface area contributed by atoms with Gasteiger partial charge < -0.3 is 9.84 Å². The number of fused-ring (bicyclic) bond motifs is 6. The molecule has 0 saturated heterocycles. The van der Waals surface area contributed by atoms with Gasteiger partial charge in [-0.1, -0.05) is 26.0 Å². The lowest BCUT2D eigenvalue weighted by Crippen LogP contribution is -2.65. The summed E-state index contributed by atoms with van der Waals surface area (Å²) in [6.07, 6.45) is 4.60. The molecule has 4 aliphatic carbocycles. The van der Waals surface area contributed by atoms with E-state index in [1.54, 1.807) is 0 Å². The van der Waals surface area contributed by atoms with Crippen LogP contribution in [0.5, 0.6) is 0 Å². The Balaban J connectivity index is 1.90. The first-order valence-electron chi connectivity index (χ1n) is 8.88. The van der Waals surface area contributed by atoms with Gasteiger partial charge in [-0.25, -0.2) is 0 Å². The van der Waals surface area contributed by atoms with E-state index < -0.39 is 29.3 Å². The monoisotopic (exact) mass is 332 g/mol. The van der Waals surface area contributed by atoms with Crippen molar-refractivity contribution in [3.63, 3.8) is 0 Å². The minimum absolute atomic E-state index is 0.0353. The Kier molecular flexibility index (Phi) is 3.34. The van der Waals surface area contributed by atoms with Crippen LogP contribution in [-0.2, 0) is 19.1 Å². The minimum Gasteiger partial charge on any atom is -0.468 e. The first-order chi connectivity index (χ1) is 11.4. The molecular formula is C19H24O5. The van der Waals surface area contributed by atoms with Gasteiger partial charge in [-0.15, -0.1) is 0 Å². The molecule has 2 unspecified atom stereocenters. The summed E-state index contributed by atoms with van der Waals surface area (Å²) < 4.78 is 5.03. The Bertz CT molecular complexity index is 652. The smallest absolute Gasteiger partial charge is 0.320 e. The van der Waals surface area contributed by atoms with Crippen LogP contribution in [0.1, 0.15) is 26.7 Å². The molecule has 5 nitrogen and oxygen atoms in total. The largest absolute Gasteiger partial charge is 0.468 e. The Morgan fingerprint density at radius 1 is 1.21 bits per heavy atom. The molecule has 24 heavy (non-hydrogen) atoms. The standard InChI is InChI=1S/C19H24O5/c1-8-4-5-9(2)19(18(23)24-3)15(8)16(21)13-10-6-11(12(20)7-10)14(13)17(19)22/h4-5,8-15,20H,6-7H2,1-3H3/t8-,9+,10-,11+,12-,13?,14?,15-,19-/m0/s1. The number of methoxy groups -OCH3 is 1. The number of rotatable bonds is 1. The van der Waals surface area contributed by atoms with Crippen LogP contribution in [0.4, 0.5) is 0 Å². The summed E-state index contributed by atoms with van der Waals surface area (Å²) in [5, 5.41) is 10.3. The third-order valence-electron chi connectivity index (χ3n) is 7.28. The zero-order chi connectivity index (χ0) is 17.4. The minimum atomic E-state index is -1.43. The van der Waals surface area contributed by atoms with Crippen LogP contribution in [0.3, 0.4) is 0 Å². The van der Waals surface area contributed by atoms with Crippen LogP contribution >= 0.6 is 0 Å². The molecule has 0 radical (unpaired) electrons. The molecular weight excluding hydrogens is 308 g/mol. The van der Waals surface area contributed by atoms with E-state index >= 15 is 0 Å². The van der Waals surface area contributed by atoms with Gasteiger partial charge in [-0.05, 0) is 36.5 Å². The Labute approximate surface area is 141 Å². The average molecular weight is 332 g/mol. The van der Waals surface area contributed by atoms with Crippen molar-refractivity contribution in [1.29, 1.82) is 0 Å². The van der Waals surface area contributed by atoms with Crippen molar-refractivity contribution in [3.8, 4) is 0 Å². The number of hydrogen-bond donors (Lipinski definition) is 1. The van der Waals surface area contributed by atoms with Crippen LogP contribution in [-0.4, -0.2) is 35.9 Å². The van der Waals surface area contributed by atoms with Gasteiger partial charge in [-0.3, -0.25) is 14.4 Å². The van der Waals surface area contributed by atoms with E-state index in [0.717, 1.165) is 0 Å². The average Bonchev–Trinajstić information content (AvgIpc) is 3.11. The molecule has 4 rings (SSSR count). The lowest BCUT2D eigenvalue weighted by Gasteiger charge is -2.52. The van der Waals surface area contributed by atoms with Gasteiger partial charge in [0.05, 0.1) is 13.2 Å². The van der Waals surface area contributed by atoms with E-state index in [-0.39, 0.29) is 41.2 Å². The number of aliphatic hydroxyl groups is 1. The maximum atomic E-state index is 13.6. The second-order valence-corrected chi connectivity index (χ2v) is 8.15. The summed E-state index contributed by atoms with van der Waals surface area (Å²) in [5.74, 6) is -2.87. The van der Waals surface area contributed by atoms with Crippen molar-refractivity contribution in [2.24, 2.45) is 46.8 Å². The van der Waals surface area contributed by atoms with Crippen LogP contribution < -0.4 is 0 Å². The highest BCUT2D eigenvalue weighted by Gasteiger charge is 2.72. The summed E-state index contributed by atoms with van der Waals surface area (Å²) in [7, 11) is 1.28. The van der Waals surface area contributed by atoms with Gasteiger partial charge in [0.2, 0.25) is 0 Å². The lowest BCUT2D eigenvalue weighted by molar-refractivity contribution is -0.182. The Morgan fingerprint density at radius 3 is 2.58 bits per heavy atom. The fraction of sp³-hybridized carbons (Fsp3) is 0.737. The molecule has 3 saturated carbocycles. The molecule has 5 heteroatoms. The zero-order valence-corrected chi connectivity index (χ0v) is 14.3. The molecule has 0 aliphatic heterocycles. The summed E-state index contributed by atoms with van der Waals surface area (Å²) in [6.45, 7) is 3.72. The zero-order valence-electron chi connectivity index (χ0n) is 14.3. The van der Waals surface area contributed by atoms with Gasteiger partial charge in [0.25, 0.3) is 0 Å². The fourth-order valence-corrected chi connectivity index (χ4v) is 6.32. The normalized spacial score (nSPS) is 52.2. The quantitative estimate of drug-likeness (QED) is 0.446. The van der Waals surface area contributed by atoms with Crippen molar-refractivity contribution >= 4 is 17.5 Å². The van der Waals surface area contributed by atoms with Crippen LogP contribution in [0, 0.1) is 46.8 Å². The first kappa shape index (κ1) is 16.0. The number of esters is 1. The van der Waals surface area contributed by atoms with Crippen molar-refractivity contribution in [2.75, 3.05) is 7.11 Å². The second-order valence-electron chi connectivity index (χ2n) is 8.15. The van der Waals surface area contributed by atoms with Gasteiger partial charge in [0, 0.05) is 17.8 Å². The molecule has 2 bridgehead atoms. The van der Waals surface area contributed by atoms with Gasteiger partial charge in [-0.2, -0.15) is 0 Å². The number of carbonyl (C=O) groups excluding carboxylic acids is 3. The number of ketones is 2. The molecule has 0 aromatic rings. The lowest BCUT2D eigenvalue weighted by atomic mass is 9.47. The molecule has 0 amide bonds. The number of Topliss-reactive ketones (excluding diaryl/α,β-unsaturated/α-hetero) is 2. The predicted octanol–water partition coefficient (Wildman–Crippen LogP) is 1.39. The molecule has 0 aromatic heterocycles. The van der Waals surface area contributed by atoms with Crippen molar-refractivity contribution in [2.45, 2.75) is 32.8 Å². The SMILES string of the molecule is COC(=O)[C@]12C(=O)C3C(C(=O)[C@@H]1[C@@H](C)C=C[C@H]2C)[C@@H]1C[C@H](O)[C@H]3C1. The Hall–Kier alpha value is -1.49. The fourth-order valence-electron chi connectivity index (χ4n) is 6.32. The van der Waals surface area contributed by atoms with Crippen LogP contribution in [0.15, 0.2) is 12.2 Å². The molecule has 3 fully saturated rings. The molecule has 0 heterocycles. The highest BCUT2D eigenvalue weighted by atomic mass is 16.5. The van der Waals surface area contributed by atoms with E-state index in [2.05, 4.69) is 0 Å². The van der Waals surface area contributed by atoms with Crippen LogP contribution in [0.25, 0.3) is 0 Å². The number of aliphatic hydroxyl groups excluding tert-OH is 1. The molecule has 4 aliphatic rings. The van der Waals surface area contributed by atoms with Crippen molar-refractivity contribution < 1.29 is 24.2 Å². The van der Waals surface area contributed by atoms with Gasteiger partial charge in [0.15, 0.2) is 5.78 Å². The van der Waals surface area contributed by atoms with Gasteiger partial charge >= 0.3 is 5.97 Å². The van der Waals surface area contributed by atoms with E-state index in [0.29, 0.717) is 12.8 Å². The second kappa shape index (κ2) is 5.01. The van der Waals surface area contributed by atoms with E-state index in [9.17, 15) is 19.5 Å². The van der Waals surface area contributed by atoms with E-state index in [1.807, 2.05) is 26.0 Å². The maximum Gasteiger partial charge on any atom is 0.320 e. The third-order valence-corrected chi connectivity index (χ3v) is 7.28. The van der Waals surface area contributed by atoms with Crippen LogP contribution in [0.2, 0.25) is 0 Å². The topological polar surface area (TPSA) is 80.7 Å². The summed E-state index contributed by atoms with van der Waals surface area (Å²) in [5.41, 5.74) is -1.43. The Morgan fingerprint density at radius 2 is 1.92 bits per heavy atom. The maximum absolute atomic E-state index is 13.6. The first-order valence-corrected chi connectivity index (χ1v) is 8.88. The molecule has 130 valence electrons. The highest BCUT2D eigenvalue weighted by molar-refractivity contribution is 6.14. The van der Waals surface area contributed by atoms with E-state index in [4.69, 9.17) is 4.74 Å². The van der Waals surface area contributed by atoms with Crippen molar-refractivity contribution in [3.05, 3.63) is 12.2 Å². The molecule has 1 N–H and O–H groups in total. The van der Waals surface area contributed by atoms with Gasteiger partial charge in [0.1, 0.15) is 11.2 Å². The molecule has 0 spiro atoms. The van der Waals surface area contributed by atoms with E-state index in [1.165, 1.54) is 7.11 Å². The summed E-state index contributed by atoms with van der Waals surface area (Å²) in [6, 6.07) is 0. The predicted molar refractivity (Wildman–Crippen MR) is 84.6 cm³/mol. The molecule has 9 atom stereocenters. The number of hydrogen-bond acceptors (Lipinski definition) is 5. The summed E-state index contributed by atoms with van der Waals surface area (Å²) >= 11 is 0. The number of carbonyl (C=O) groups is 3.